The number of aromatic nitrogens is 1. The van der Waals surface area contributed by atoms with Gasteiger partial charge in [0.1, 0.15) is 12.4 Å². The zero-order valence-electron chi connectivity index (χ0n) is 16.7. The third kappa shape index (κ3) is 4.58. The van der Waals surface area contributed by atoms with Crippen molar-refractivity contribution in [1.29, 1.82) is 0 Å². The molecule has 0 N–H and O–H groups in total. The van der Waals surface area contributed by atoms with E-state index in [-0.39, 0.29) is 12.1 Å². The van der Waals surface area contributed by atoms with Gasteiger partial charge in [0.2, 0.25) is 0 Å². The Morgan fingerprint density at radius 3 is 2.50 bits per heavy atom. The van der Waals surface area contributed by atoms with Gasteiger partial charge in [-0.05, 0) is 75.2 Å². The zero-order chi connectivity index (χ0) is 20.1. The minimum atomic E-state index is -0.320. The molecule has 0 unspecified atom stereocenters. The quantitative estimate of drug-likeness (QED) is 0.533. The fourth-order valence-corrected chi connectivity index (χ4v) is 3.02. The van der Waals surface area contributed by atoms with Crippen molar-refractivity contribution in [3.05, 3.63) is 83.0 Å². The summed E-state index contributed by atoms with van der Waals surface area (Å²) in [5, 5.41) is 0. The Balaban J connectivity index is 1.80. The maximum Gasteiger partial charge on any atom is 0.338 e. The summed E-state index contributed by atoms with van der Waals surface area (Å²) in [5.41, 5.74) is 5.39. The molecule has 3 rings (SSSR count). The highest BCUT2D eigenvalue weighted by molar-refractivity contribution is 5.91. The van der Waals surface area contributed by atoms with Crippen LogP contribution < -0.4 is 4.74 Å². The second-order valence-electron chi connectivity index (χ2n) is 7.04. The van der Waals surface area contributed by atoms with Crippen LogP contribution in [0.5, 0.6) is 5.75 Å². The van der Waals surface area contributed by atoms with Crippen LogP contribution in [-0.2, 0) is 11.3 Å². The van der Waals surface area contributed by atoms with Crippen LogP contribution in [0.25, 0.3) is 11.3 Å². The summed E-state index contributed by atoms with van der Waals surface area (Å²) in [5.74, 6) is 0.464. The molecular weight excluding hydrogens is 350 g/mol. The van der Waals surface area contributed by atoms with Gasteiger partial charge in [0, 0.05) is 17.3 Å². The van der Waals surface area contributed by atoms with Crippen LogP contribution in [0.2, 0.25) is 0 Å². The molecule has 4 heteroatoms. The van der Waals surface area contributed by atoms with Crippen molar-refractivity contribution < 1.29 is 14.3 Å². The zero-order valence-corrected chi connectivity index (χ0v) is 16.7. The largest absolute Gasteiger partial charge is 0.489 e. The second kappa shape index (κ2) is 8.70. The van der Waals surface area contributed by atoms with Crippen LogP contribution >= 0.6 is 0 Å². The molecule has 0 spiro atoms. The lowest BCUT2D eigenvalue weighted by Gasteiger charge is -2.16. The number of nitrogens with zero attached hydrogens (tertiary/aromatic N) is 1. The molecule has 0 fully saturated rings. The summed E-state index contributed by atoms with van der Waals surface area (Å²) in [7, 11) is 0. The number of ether oxygens (including phenoxy) is 2. The third-order valence-electron chi connectivity index (χ3n) is 4.48. The van der Waals surface area contributed by atoms with Crippen LogP contribution in [0, 0.1) is 13.8 Å². The van der Waals surface area contributed by atoms with Crippen molar-refractivity contribution in [2.75, 3.05) is 0 Å². The molecule has 0 aliphatic carbocycles. The summed E-state index contributed by atoms with van der Waals surface area (Å²) >= 11 is 0. The summed E-state index contributed by atoms with van der Waals surface area (Å²) < 4.78 is 11.4. The number of carbonyl (C=O) groups is 1. The highest BCUT2D eigenvalue weighted by Crippen LogP contribution is 2.26. The van der Waals surface area contributed by atoms with Gasteiger partial charge in [-0.1, -0.05) is 18.2 Å². The van der Waals surface area contributed by atoms with Gasteiger partial charge >= 0.3 is 5.97 Å². The van der Waals surface area contributed by atoms with Crippen LogP contribution in [0.3, 0.4) is 0 Å². The van der Waals surface area contributed by atoms with Gasteiger partial charge in [-0.25, -0.2) is 4.79 Å². The smallest absolute Gasteiger partial charge is 0.338 e. The van der Waals surface area contributed by atoms with Crippen molar-refractivity contribution in [1.82, 2.24) is 4.98 Å². The highest BCUT2D eigenvalue weighted by atomic mass is 16.5. The lowest BCUT2D eigenvalue weighted by molar-refractivity contribution is 0.0375. The first-order valence-electron chi connectivity index (χ1n) is 9.40. The van der Waals surface area contributed by atoms with E-state index in [2.05, 4.69) is 11.1 Å². The topological polar surface area (TPSA) is 48.4 Å². The molecular formula is C24H25NO3. The molecule has 0 atom stereocenters. The van der Waals surface area contributed by atoms with Crippen molar-refractivity contribution in [2.45, 2.75) is 40.4 Å². The van der Waals surface area contributed by atoms with E-state index in [4.69, 9.17) is 9.47 Å². The number of aryl methyl sites for hydroxylation is 2. The average Bonchev–Trinajstić information content (AvgIpc) is 2.67. The minimum Gasteiger partial charge on any atom is -0.489 e. The van der Waals surface area contributed by atoms with E-state index in [1.165, 1.54) is 0 Å². The Morgan fingerprint density at radius 1 is 1.00 bits per heavy atom. The Bertz CT molecular complexity index is 965. The minimum absolute atomic E-state index is 0.164. The van der Waals surface area contributed by atoms with E-state index < -0.39 is 0 Å². The van der Waals surface area contributed by atoms with E-state index >= 15 is 0 Å². The number of benzene rings is 2. The van der Waals surface area contributed by atoms with Gasteiger partial charge in [0.15, 0.2) is 0 Å². The molecule has 0 saturated heterocycles. The molecule has 2 aromatic carbocycles. The Kier molecular flexibility index (Phi) is 6.09. The molecule has 4 nitrogen and oxygen atoms in total. The van der Waals surface area contributed by atoms with E-state index in [1.54, 1.807) is 12.3 Å². The van der Waals surface area contributed by atoms with Gasteiger partial charge in [-0.15, -0.1) is 0 Å². The number of hydrogen-bond acceptors (Lipinski definition) is 4. The van der Waals surface area contributed by atoms with E-state index in [9.17, 15) is 4.79 Å². The van der Waals surface area contributed by atoms with E-state index in [1.807, 2.05) is 70.2 Å². The summed E-state index contributed by atoms with van der Waals surface area (Å²) in [6.07, 6.45) is 1.62. The normalized spacial score (nSPS) is 10.8. The van der Waals surface area contributed by atoms with Crippen LogP contribution in [0.4, 0.5) is 0 Å². The van der Waals surface area contributed by atoms with Gasteiger partial charge in [-0.3, -0.25) is 4.98 Å². The van der Waals surface area contributed by atoms with Crippen LogP contribution in [0.1, 0.15) is 40.9 Å². The monoisotopic (exact) mass is 375 g/mol. The van der Waals surface area contributed by atoms with Gasteiger partial charge in [0.05, 0.1) is 17.4 Å². The molecule has 3 aromatic rings. The number of esters is 1. The molecule has 0 saturated carbocycles. The van der Waals surface area contributed by atoms with Crippen LogP contribution in [0.15, 0.2) is 60.8 Å². The predicted octanol–water partition coefficient (Wildman–Crippen LogP) is 5.51. The fourth-order valence-electron chi connectivity index (χ4n) is 3.02. The predicted molar refractivity (Wildman–Crippen MR) is 110 cm³/mol. The van der Waals surface area contributed by atoms with Crippen molar-refractivity contribution in [3.63, 3.8) is 0 Å². The number of hydrogen-bond donors (Lipinski definition) is 0. The number of rotatable bonds is 6. The fraction of sp³-hybridized carbons (Fsp3) is 0.250. The lowest BCUT2D eigenvalue weighted by Crippen LogP contribution is -2.15. The lowest BCUT2D eigenvalue weighted by atomic mass is 10.0. The third-order valence-corrected chi connectivity index (χ3v) is 4.48. The molecule has 0 aliphatic rings. The number of pyridine rings is 1. The Hall–Kier alpha value is -3.14. The first-order chi connectivity index (χ1) is 13.5. The maximum absolute atomic E-state index is 12.4. The molecule has 0 amide bonds. The van der Waals surface area contributed by atoms with Crippen LogP contribution in [-0.4, -0.2) is 17.1 Å². The maximum atomic E-state index is 12.4. The van der Waals surface area contributed by atoms with E-state index in [0.717, 1.165) is 33.7 Å². The van der Waals surface area contributed by atoms with Gasteiger partial charge < -0.3 is 9.47 Å². The molecule has 0 bridgehead atoms. The van der Waals surface area contributed by atoms with Gasteiger partial charge in [-0.2, -0.15) is 0 Å². The SMILES string of the molecule is Cc1cc(-c2ccccn2)ccc1OCc1c(C)cccc1C(=O)OC(C)C. The van der Waals surface area contributed by atoms with Crippen molar-refractivity contribution >= 4 is 5.97 Å². The average molecular weight is 375 g/mol. The van der Waals surface area contributed by atoms with Crippen molar-refractivity contribution in [3.8, 4) is 17.0 Å². The van der Waals surface area contributed by atoms with Crippen molar-refractivity contribution in [2.24, 2.45) is 0 Å². The van der Waals surface area contributed by atoms with Gasteiger partial charge in [0.25, 0.3) is 0 Å². The van der Waals surface area contributed by atoms with E-state index in [0.29, 0.717) is 12.2 Å². The molecule has 1 aromatic heterocycles. The number of carbonyl (C=O) groups excluding carboxylic acids is 1. The first kappa shape index (κ1) is 19.6. The Morgan fingerprint density at radius 2 is 1.82 bits per heavy atom. The summed E-state index contributed by atoms with van der Waals surface area (Å²) in [6.45, 7) is 7.97. The summed E-state index contributed by atoms with van der Waals surface area (Å²) in [6, 6.07) is 17.5. The standard InChI is InChI=1S/C24H25NO3/c1-16(2)28-24(26)20-9-7-8-17(3)21(20)15-27-23-12-11-19(14-18(23)4)22-10-5-6-13-25-22/h5-14,16H,15H2,1-4H3. The second-order valence-corrected chi connectivity index (χ2v) is 7.04. The Labute approximate surface area is 166 Å². The summed E-state index contributed by atoms with van der Waals surface area (Å²) in [4.78, 5) is 16.8. The first-order valence-corrected chi connectivity index (χ1v) is 9.40. The molecule has 0 radical (unpaired) electrons. The molecule has 1 heterocycles. The highest BCUT2D eigenvalue weighted by Gasteiger charge is 2.16. The molecule has 28 heavy (non-hydrogen) atoms. The molecule has 0 aliphatic heterocycles. The molecule has 144 valence electrons.